The van der Waals surface area contributed by atoms with Crippen LogP contribution in [0.3, 0.4) is 0 Å². The zero-order valence-electron chi connectivity index (χ0n) is 18.8. The molecule has 5 heteroatoms. The second-order valence-corrected chi connectivity index (χ2v) is 10.8. The van der Waals surface area contributed by atoms with Crippen molar-refractivity contribution in [3.05, 3.63) is 41.4 Å². The molecule has 0 saturated heterocycles. The fourth-order valence-electron chi connectivity index (χ4n) is 6.68. The smallest absolute Gasteiger partial charge is 0.314 e. The van der Waals surface area contributed by atoms with Crippen molar-refractivity contribution in [2.75, 3.05) is 0 Å². The van der Waals surface area contributed by atoms with Crippen LogP contribution < -0.4 is 4.74 Å². The average Bonchev–Trinajstić information content (AvgIpc) is 2.80. The summed E-state index contributed by atoms with van der Waals surface area (Å²) in [6.45, 7) is 3.87. The first kappa shape index (κ1) is 23.7. The van der Waals surface area contributed by atoms with E-state index in [4.69, 9.17) is 16.3 Å². The standard InChI is InChI=1S/C27H35ClF2O2/c1-2-3-4-17-5-6-22-14-21(12-11-20(22)13-17)18-7-9-19(10-8-18)27(31)32-23-15-24(29)26(28)25(30)16-23/h2,15-22H,1,3-14H2. The molecule has 3 aliphatic rings. The Bertz CT molecular complexity index is 795. The molecule has 4 unspecified atom stereocenters. The third-order valence-electron chi connectivity index (χ3n) is 8.49. The summed E-state index contributed by atoms with van der Waals surface area (Å²) in [5, 5.41) is -0.578. The van der Waals surface area contributed by atoms with Crippen LogP contribution in [0.2, 0.25) is 5.02 Å². The molecule has 3 fully saturated rings. The fraction of sp³-hybridized carbons (Fsp3) is 0.667. The number of hydrogen-bond acceptors (Lipinski definition) is 2. The third kappa shape index (κ3) is 5.55. The topological polar surface area (TPSA) is 26.3 Å². The Kier molecular flexibility index (Phi) is 7.91. The summed E-state index contributed by atoms with van der Waals surface area (Å²) in [6.07, 6.45) is 16.5. The van der Waals surface area contributed by atoms with Crippen molar-refractivity contribution in [3.8, 4) is 5.75 Å². The highest BCUT2D eigenvalue weighted by atomic mass is 35.5. The van der Waals surface area contributed by atoms with Gasteiger partial charge in [0.05, 0.1) is 5.92 Å². The number of rotatable bonds is 6. The first-order chi connectivity index (χ1) is 15.4. The van der Waals surface area contributed by atoms with E-state index in [1.807, 2.05) is 0 Å². The minimum Gasteiger partial charge on any atom is -0.426 e. The van der Waals surface area contributed by atoms with E-state index >= 15 is 0 Å². The molecule has 0 bridgehead atoms. The van der Waals surface area contributed by atoms with Crippen LogP contribution in [-0.2, 0) is 4.79 Å². The van der Waals surface area contributed by atoms with E-state index in [1.165, 1.54) is 44.9 Å². The van der Waals surface area contributed by atoms with Gasteiger partial charge in [0.2, 0.25) is 0 Å². The highest BCUT2D eigenvalue weighted by molar-refractivity contribution is 6.30. The van der Waals surface area contributed by atoms with Gasteiger partial charge >= 0.3 is 5.97 Å². The second-order valence-electron chi connectivity index (χ2n) is 10.4. The minimum absolute atomic E-state index is 0.112. The number of benzene rings is 1. The van der Waals surface area contributed by atoms with Crippen molar-refractivity contribution in [2.24, 2.45) is 35.5 Å². The molecule has 32 heavy (non-hydrogen) atoms. The van der Waals surface area contributed by atoms with Crippen LogP contribution in [0, 0.1) is 47.1 Å². The number of allylic oxidation sites excluding steroid dienone is 1. The SMILES string of the molecule is C=CCCC1CCC2CC(C3CCC(C(=O)Oc4cc(F)c(Cl)c(F)c4)CC3)CCC2C1. The summed E-state index contributed by atoms with van der Waals surface area (Å²) in [5.41, 5.74) is 0. The molecule has 0 amide bonds. The van der Waals surface area contributed by atoms with Crippen LogP contribution in [0.5, 0.6) is 5.75 Å². The minimum atomic E-state index is -0.913. The number of ether oxygens (including phenoxy) is 1. The van der Waals surface area contributed by atoms with E-state index < -0.39 is 16.7 Å². The normalized spacial score (nSPS) is 32.7. The first-order valence-corrected chi connectivity index (χ1v) is 12.8. The maximum absolute atomic E-state index is 13.6. The molecule has 0 N–H and O–H groups in total. The lowest BCUT2D eigenvalue weighted by Crippen LogP contribution is -2.35. The van der Waals surface area contributed by atoms with Crippen LogP contribution in [0.1, 0.15) is 77.0 Å². The molecule has 1 aromatic rings. The van der Waals surface area contributed by atoms with Crippen molar-refractivity contribution in [1.82, 2.24) is 0 Å². The number of hydrogen-bond donors (Lipinski definition) is 0. The lowest BCUT2D eigenvalue weighted by Gasteiger charge is -2.45. The first-order valence-electron chi connectivity index (χ1n) is 12.4. The van der Waals surface area contributed by atoms with Crippen molar-refractivity contribution >= 4 is 17.6 Å². The Hall–Kier alpha value is -1.42. The molecule has 176 valence electrons. The molecule has 3 saturated carbocycles. The van der Waals surface area contributed by atoms with Crippen LogP contribution in [-0.4, -0.2) is 5.97 Å². The van der Waals surface area contributed by atoms with Gasteiger partial charge in [0.15, 0.2) is 0 Å². The molecule has 3 aliphatic carbocycles. The number of carbonyl (C=O) groups excluding carboxylic acids is 1. The van der Waals surface area contributed by atoms with Gasteiger partial charge in [-0.05, 0) is 100 Å². The van der Waals surface area contributed by atoms with E-state index in [0.717, 1.165) is 67.9 Å². The molecule has 2 nitrogen and oxygen atoms in total. The van der Waals surface area contributed by atoms with Crippen molar-refractivity contribution in [1.29, 1.82) is 0 Å². The maximum atomic E-state index is 13.6. The van der Waals surface area contributed by atoms with Gasteiger partial charge < -0.3 is 4.74 Å². The molecule has 0 heterocycles. The Morgan fingerprint density at radius 3 is 2.16 bits per heavy atom. The van der Waals surface area contributed by atoms with Gasteiger partial charge in [0, 0.05) is 12.1 Å². The molecule has 4 rings (SSSR count). The number of esters is 1. The van der Waals surface area contributed by atoms with Crippen molar-refractivity contribution in [2.45, 2.75) is 77.0 Å². The third-order valence-corrected chi connectivity index (χ3v) is 8.85. The molecule has 0 spiro atoms. The van der Waals surface area contributed by atoms with Gasteiger partial charge in [-0.3, -0.25) is 4.79 Å². The van der Waals surface area contributed by atoms with E-state index in [1.54, 1.807) is 0 Å². The summed E-state index contributed by atoms with van der Waals surface area (Å²) in [6, 6.07) is 1.94. The summed E-state index contributed by atoms with van der Waals surface area (Å²) in [7, 11) is 0. The summed E-state index contributed by atoms with van der Waals surface area (Å²) >= 11 is 5.50. The van der Waals surface area contributed by atoms with Gasteiger partial charge in [0.1, 0.15) is 22.4 Å². The highest BCUT2D eigenvalue weighted by Crippen LogP contribution is 2.49. The van der Waals surface area contributed by atoms with Gasteiger partial charge in [0.25, 0.3) is 0 Å². The van der Waals surface area contributed by atoms with E-state index in [-0.39, 0.29) is 17.6 Å². The zero-order chi connectivity index (χ0) is 22.7. The number of halogens is 3. The van der Waals surface area contributed by atoms with Crippen LogP contribution in [0.25, 0.3) is 0 Å². The summed E-state index contributed by atoms with van der Waals surface area (Å²) in [5.74, 6) is 1.69. The molecular formula is C27H35ClF2O2. The molecular weight excluding hydrogens is 430 g/mol. The predicted octanol–water partition coefficient (Wildman–Crippen LogP) is 8.13. The zero-order valence-corrected chi connectivity index (χ0v) is 19.6. The Morgan fingerprint density at radius 1 is 0.938 bits per heavy atom. The largest absolute Gasteiger partial charge is 0.426 e. The van der Waals surface area contributed by atoms with Crippen LogP contribution >= 0.6 is 11.6 Å². The van der Waals surface area contributed by atoms with E-state index in [9.17, 15) is 13.6 Å². The Morgan fingerprint density at radius 2 is 1.50 bits per heavy atom. The van der Waals surface area contributed by atoms with E-state index in [2.05, 4.69) is 12.7 Å². The lowest BCUT2D eigenvalue weighted by molar-refractivity contribution is -0.140. The second kappa shape index (κ2) is 10.7. The molecule has 1 aromatic carbocycles. The van der Waals surface area contributed by atoms with Crippen LogP contribution in [0.4, 0.5) is 8.78 Å². The fourth-order valence-corrected chi connectivity index (χ4v) is 6.79. The quantitative estimate of drug-likeness (QED) is 0.184. The Balaban J connectivity index is 1.24. The lowest BCUT2D eigenvalue weighted by atomic mass is 9.60. The van der Waals surface area contributed by atoms with Crippen LogP contribution in [0.15, 0.2) is 24.8 Å². The monoisotopic (exact) mass is 464 g/mol. The van der Waals surface area contributed by atoms with Crippen molar-refractivity contribution in [3.63, 3.8) is 0 Å². The molecule has 0 aliphatic heterocycles. The Labute approximate surface area is 195 Å². The van der Waals surface area contributed by atoms with Gasteiger partial charge in [-0.2, -0.15) is 0 Å². The molecule has 4 atom stereocenters. The summed E-state index contributed by atoms with van der Waals surface area (Å²) < 4.78 is 32.5. The van der Waals surface area contributed by atoms with Crippen molar-refractivity contribution < 1.29 is 18.3 Å². The number of fused-ring (bicyclic) bond motifs is 1. The highest BCUT2D eigenvalue weighted by Gasteiger charge is 2.39. The van der Waals surface area contributed by atoms with Gasteiger partial charge in [-0.25, -0.2) is 8.78 Å². The average molecular weight is 465 g/mol. The molecule has 0 aromatic heterocycles. The number of carbonyl (C=O) groups is 1. The summed E-state index contributed by atoms with van der Waals surface area (Å²) in [4.78, 5) is 12.5. The van der Waals surface area contributed by atoms with Gasteiger partial charge in [-0.15, -0.1) is 6.58 Å². The van der Waals surface area contributed by atoms with E-state index in [0.29, 0.717) is 5.92 Å². The maximum Gasteiger partial charge on any atom is 0.314 e. The van der Waals surface area contributed by atoms with Gasteiger partial charge in [-0.1, -0.05) is 24.1 Å². The predicted molar refractivity (Wildman–Crippen MR) is 124 cm³/mol. The molecule has 0 radical (unpaired) electrons.